The van der Waals surface area contributed by atoms with E-state index in [0.29, 0.717) is 12.1 Å². The SMILES string of the molecule is c1ccc(C(CNC2CCNCC2)N2CCCC2)cc1. The first-order chi connectivity index (χ1) is 9.93. The summed E-state index contributed by atoms with van der Waals surface area (Å²) in [6, 6.07) is 12.3. The Balaban J connectivity index is 1.62. The lowest BCUT2D eigenvalue weighted by molar-refractivity contribution is 0.226. The molecular weight excluding hydrogens is 246 g/mol. The Bertz CT molecular complexity index is 380. The van der Waals surface area contributed by atoms with Gasteiger partial charge in [-0.25, -0.2) is 0 Å². The summed E-state index contributed by atoms with van der Waals surface area (Å²) in [5, 5.41) is 7.25. The highest BCUT2D eigenvalue weighted by Gasteiger charge is 2.24. The number of nitrogens with zero attached hydrogens (tertiary/aromatic N) is 1. The van der Waals surface area contributed by atoms with Gasteiger partial charge in [0.1, 0.15) is 0 Å². The third kappa shape index (κ3) is 3.60. The first-order valence-electron chi connectivity index (χ1n) is 8.16. The summed E-state index contributed by atoms with van der Waals surface area (Å²) >= 11 is 0. The average Bonchev–Trinajstić information content (AvgIpc) is 3.04. The van der Waals surface area contributed by atoms with Crippen LogP contribution in [0.1, 0.15) is 37.3 Å². The molecule has 20 heavy (non-hydrogen) atoms. The highest BCUT2D eigenvalue weighted by molar-refractivity contribution is 5.19. The maximum absolute atomic E-state index is 3.82. The molecule has 0 spiro atoms. The topological polar surface area (TPSA) is 27.3 Å². The van der Waals surface area contributed by atoms with Gasteiger partial charge >= 0.3 is 0 Å². The zero-order valence-corrected chi connectivity index (χ0v) is 12.4. The van der Waals surface area contributed by atoms with Crippen LogP contribution in [0.15, 0.2) is 30.3 Å². The van der Waals surface area contributed by atoms with Crippen LogP contribution in [0, 0.1) is 0 Å². The van der Waals surface area contributed by atoms with Crippen molar-refractivity contribution in [2.45, 2.75) is 37.8 Å². The summed E-state index contributed by atoms with van der Waals surface area (Å²) in [7, 11) is 0. The molecule has 0 aliphatic carbocycles. The first-order valence-corrected chi connectivity index (χ1v) is 8.16. The molecule has 1 atom stereocenters. The Kier molecular flexibility index (Phi) is 5.06. The molecule has 2 N–H and O–H groups in total. The molecule has 0 aromatic heterocycles. The van der Waals surface area contributed by atoms with Gasteiger partial charge in [-0.15, -0.1) is 0 Å². The summed E-state index contributed by atoms with van der Waals surface area (Å²) in [4.78, 5) is 2.66. The minimum Gasteiger partial charge on any atom is -0.317 e. The lowest BCUT2D eigenvalue weighted by atomic mass is 10.0. The summed E-state index contributed by atoms with van der Waals surface area (Å²) in [5.41, 5.74) is 1.47. The van der Waals surface area contributed by atoms with Crippen LogP contribution in [-0.2, 0) is 0 Å². The molecule has 110 valence electrons. The maximum atomic E-state index is 3.82. The molecule has 0 saturated carbocycles. The maximum Gasteiger partial charge on any atom is 0.0472 e. The molecule has 2 aliphatic heterocycles. The van der Waals surface area contributed by atoms with Crippen LogP contribution in [0.2, 0.25) is 0 Å². The Morgan fingerprint density at radius 2 is 1.80 bits per heavy atom. The Labute approximate surface area is 122 Å². The van der Waals surface area contributed by atoms with Crippen LogP contribution < -0.4 is 10.6 Å². The van der Waals surface area contributed by atoms with Gasteiger partial charge in [0.15, 0.2) is 0 Å². The van der Waals surface area contributed by atoms with Crippen LogP contribution >= 0.6 is 0 Å². The predicted octanol–water partition coefficient (Wildman–Crippen LogP) is 2.17. The molecule has 1 unspecified atom stereocenters. The molecule has 1 aromatic rings. The fourth-order valence-electron chi connectivity index (χ4n) is 3.49. The zero-order chi connectivity index (χ0) is 13.6. The van der Waals surface area contributed by atoms with Gasteiger partial charge in [0.25, 0.3) is 0 Å². The van der Waals surface area contributed by atoms with E-state index in [4.69, 9.17) is 0 Å². The van der Waals surface area contributed by atoms with E-state index in [1.54, 1.807) is 0 Å². The fourth-order valence-corrected chi connectivity index (χ4v) is 3.49. The monoisotopic (exact) mass is 273 g/mol. The van der Waals surface area contributed by atoms with Crippen molar-refractivity contribution in [2.75, 3.05) is 32.7 Å². The first kappa shape index (κ1) is 14.1. The Morgan fingerprint density at radius 1 is 1.10 bits per heavy atom. The normalized spacial score (nSPS) is 23.0. The third-order valence-electron chi connectivity index (χ3n) is 4.70. The van der Waals surface area contributed by atoms with Crippen molar-refractivity contribution in [3.8, 4) is 0 Å². The van der Waals surface area contributed by atoms with Crippen molar-refractivity contribution in [1.82, 2.24) is 15.5 Å². The molecule has 2 saturated heterocycles. The number of nitrogens with one attached hydrogen (secondary N) is 2. The van der Waals surface area contributed by atoms with Gasteiger partial charge in [-0.1, -0.05) is 30.3 Å². The van der Waals surface area contributed by atoms with E-state index in [-0.39, 0.29) is 0 Å². The highest BCUT2D eigenvalue weighted by Crippen LogP contribution is 2.24. The molecule has 3 heteroatoms. The van der Waals surface area contributed by atoms with Gasteiger partial charge in [-0.3, -0.25) is 4.90 Å². The molecule has 0 radical (unpaired) electrons. The van der Waals surface area contributed by atoms with Gasteiger partial charge in [-0.05, 0) is 57.4 Å². The number of benzene rings is 1. The summed E-state index contributed by atoms with van der Waals surface area (Å²) in [6.45, 7) is 5.93. The van der Waals surface area contributed by atoms with E-state index < -0.39 is 0 Å². The predicted molar refractivity (Wildman–Crippen MR) is 83.9 cm³/mol. The molecule has 2 aliphatic rings. The van der Waals surface area contributed by atoms with Crippen LogP contribution in [0.4, 0.5) is 0 Å². The van der Waals surface area contributed by atoms with Crippen LogP contribution in [0.5, 0.6) is 0 Å². The second-order valence-electron chi connectivity index (χ2n) is 6.10. The summed E-state index contributed by atoms with van der Waals surface area (Å²) in [5.74, 6) is 0. The van der Waals surface area contributed by atoms with Crippen molar-refractivity contribution in [1.29, 1.82) is 0 Å². The van der Waals surface area contributed by atoms with Crippen LogP contribution in [0.3, 0.4) is 0 Å². The molecule has 0 bridgehead atoms. The number of piperidine rings is 1. The van der Waals surface area contributed by atoms with E-state index in [0.717, 1.165) is 19.6 Å². The number of hydrogen-bond donors (Lipinski definition) is 2. The lowest BCUT2D eigenvalue weighted by Crippen LogP contribution is -2.43. The van der Waals surface area contributed by atoms with E-state index in [2.05, 4.69) is 45.9 Å². The molecule has 1 aromatic carbocycles. The van der Waals surface area contributed by atoms with E-state index in [1.807, 2.05) is 0 Å². The summed E-state index contributed by atoms with van der Waals surface area (Å²) < 4.78 is 0. The second-order valence-corrected chi connectivity index (χ2v) is 6.10. The number of hydrogen-bond acceptors (Lipinski definition) is 3. The second kappa shape index (κ2) is 7.21. The van der Waals surface area contributed by atoms with Crippen molar-refractivity contribution in [3.63, 3.8) is 0 Å². The minimum atomic E-state index is 0.550. The Hall–Kier alpha value is -0.900. The number of likely N-dealkylation sites (tertiary alicyclic amines) is 1. The van der Waals surface area contributed by atoms with Gasteiger partial charge in [0.05, 0.1) is 0 Å². The molecule has 3 nitrogen and oxygen atoms in total. The Morgan fingerprint density at radius 3 is 2.50 bits per heavy atom. The van der Waals surface area contributed by atoms with E-state index >= 15 is 0 Å². The molecule has 0 amide bonds. The quantitative estimate of drug-likeness (QED) is 0.861. The smallest absolute Gasteiger partial charge is 0.0472 e. The molecule has 2 heterocycles. The highest BCUT2D eigenvalue weighted by atomic mass is 15.2. The summed E-state index contributed by atoms with van der Waals surface area (Å²) in [6.07, 6.45) is 5.25. The van der Waals surface area contributed by atoms with Crippen LogP contribution in [-0.4, -0.2) is 43.7 Å². The minimum absolute atomic E-state index is 0.550. The van der Waals surface area contributed by atoms with Crippen molar-refractivity contribution < 1.29 is 0 Å². The lowest BCUT2D eigenvalue weighted by Gasteiger charge is -2.31. The van der Waals surface area contributed by atoms with Gasteiger partial charge in [0.2, 0.25) is 0 Å². The molecule has 3 rings (SSSR count). The standard InChI is InChI=1S/C17H27N3/c1-2-6-15(7-3-1)17(20-12-4-5-13-20)14-19-16-8-10-18-11-9-16/h1-3,6-7,16-19H,4-5,8-14H2. The molecule has 2 fully saturated rings. The molecular formula is C17H27N3. The van der Waals surface area contributed by atoms with E-state index in [9.17, 15) is 0 Å². The number of rotatable bonds is 5. The van der Waals surface area contributed by atoms with Crippen molar-refractivity contribution >= 4 is 0 Å². The van der Waals surface area contributed by atoms with Gasteiger partial charge in [0, 0.05) is 18.6 Å². The largest absolute Gasteiger partial charge is 0.317 e. The van der Waals surface area contributed by atoms with Gasteiger partial charge < -0.3 is 10.6 Å². The van der Waals surface area contributed by atoms with Crippen molar-refractivity contribution in [2.24, 2.45) is 0 Å². The third-order valence-corrected chi connectivity index (χ3v) is 4.70. The average molecular weight is 273 g/mol. The zero-order valence-electron chi connectivity index (χ0n) is 12.4. The van der Waals surface area contributed by atoms with E-state index in [1.165, 1.54) is 44.3 Å². The fraction of sp³-hybridized carbons (Fsp3) is 0.647. The van der Waals surface area contributed by atoms with Crippen molar-refractivity contribution in [3.05, 3.63) is 35.9 Å². The van der Waals surface area contributed by atoms with Gasteiger partial charge in [-0.2, -0.15) is 0 Å². The van der Waals surface area contributed by atoms with Crippen LogP contribution in [0.25, 0.3) is 0 Å².